The Kier molecular flexibility index (Phi) is 8.13. The summed E-state index contributed by atoms with van der Waals surface area (Å²) in [5.41, 5.74) is 5.85. The molecule has 1 saturated carbocycles. The van der Waals surface area contributed by atoms with Gasteiger partial charge in [-0.25, -0.2) is 0 Å². The van der Waals surface area contributed by atoms with Gasteiger partial charge in [0.05, 0.1) is 11.8 Å². The second kappa shape index (κ2) is 12.2. The van der Waals surface area contributed by atoms with Crippen molar-refractivity contribution in [3.63, 3.8) is 0 Å². The lowest BCUT2D eigenvalue weighted by Gasteiger charge is -2.32. The molecule has 5 rings (SSSR count). The molecule has 0 amide bonds. The quantitative estimate of drug-likeness (QED) is 0.167. The Balaban J connectivity index is 1.31. The minimum absolute atomic E-state index is 0.202. The van der Waals surface area contributed by atoms with Crippen molar-refractivity contribution in [3.05, 3.63) is 126 Å². The molecule has 0 bridgehead atoms. The van der Waals surface area contributed by atoms with Gasteiger partial charge in [-0.05, 0) is 90.6 Å². The van der Waals surface area contributed by atoms with Gasteiger partial charge in [-0.15, -0.1) is 0 Å². The van der Waals surface area contributed by atoms with E-state index in [0.717, 1.165) is 53.2 Å². The monoisotopic (exact) mass is 506 g/mol. The molecule has 6 nitrogen and oxygen atoms in total. The van der Waals surface area contributed by atoms with E-state index in [2.05, 4.69) is 10.6 Å². The minimum Gasteiger partial charge on any atom is -0.457 e. The second-order valence-corrected chi connectivity index (χ2v) is 9.23. The Morgan fingerprint density at radius 2 is 1.26 bits per heavy atom. The lowest BCUT2D eigenvalue weighted by molar-refractivity contribution is 0.106. The topological polar surface area (TPSA) is 83.3 Å². The van der Waals surface area contributed by atoms with Crippen LogP contribution in [0.2, 0.25) is 0 Å². The van der Waals surface area contributed by atoms with Gasteiger partial charge in [0.1, 0.15) is 23.0 Å². The van der Waals surface area contributed by atoms with Gasteiger partial charge in [-0.2, -0.15) is 5.48 Å². The molecule has 0 aliphatic heterocycles. The van der Waals surface area contributed by atoms with E-state index in [1.807, 2.05) is 115 Å². The van der Waals surface area contributed by atoms with Gasteiger partial charge >= 0.3 is 0 Å². The predicted molar refractivity (Wildman–Crippen MR) is 148 cm³/mol. The summed E-state index contributed by atoms with van der Waals surface area (Å²) in [5.74, 6) is 2.79. The smallest absolute Gasteiger partial charge is 0.127 e. The van der Waals surface area contributed by atoms with Crippen molar-refractivity contribution in [2.75, 3.05) is 0 Å². The van der Waals surface area contributed by atoms with Crippen molar-refractivity contribution in [3.8, 4) is 23.0 Å². The van der Waals surface area contributed by atoms with Crippen LogP contribution in [0, 0.1) is 5.92 Å². The molecule has 1 aliphatic rings. The number of hydrogen-bond donors (Lipinski definition) is 3. The molecule has 38 heavy (non-hydrogen) atoms. The Morgan fingerprint density at radius 3 is 1.79 bits per heavy atom. The molecule has 6 heteroatoms. The van der Waals surface area contributed by atoms with E-state index < -0.39 is 6.04 Å². The van der Waals surface area contributed by atoms with Crippen LogP contribution in [0.15, 0.2) is 120 Å². The molecule has 0 aromatic heterocycles. The molecule has 0 spiro atoms. The van der Waals surface area contributed by atoms with Crippen LogP contribution in [0.3, 0.4) is 0 Å². The van der Waals surface area contributed by atoms with Crippen LogP contribution >= 0.6 is 0 Å². The summed E-state index contributed by atoms with van der Waals surface area (Å²) in [4.78, 5) is 0. The minimum atomic E-state index is -0.433. The third-order valence-corrected chi connectivity index (χ3v) is 6.71. The van der Waals surface area contributed by atoms with Gasteiger partial charge < -0.3 is 19.9 Å². The van der Waals surface area contributed by atoms with Gasteiger partial charge in [-0.3, -0.25) is 0 Å². The molecule has 0 heterocycles. The van der Waals surface area contributed by atoms with Crippen molar-refractivity contribution in [1.29, 1.82) is 0 Å². The van der Waals surface area contributed by atoms with Crippen molar-refractivity contribution in [2.24, 2.45) is 11.1 Å². The van der Waals surface area contributed by atoms with Gasteiger partial charge in [0.2, 0.25) is 0 Å². The number of nitrogens with zero attached hydrogens (tertiary/aromatic N) is 1. The number of hydroxylamine groups is 1. The largest absolute Gasteiger partial charge is 0.457 e. The average molecular weight is 507 g/mol. The van der Waals surface area contributed by atoms with Gasteiger partial charge in [-0.1, -0.05) is 65.8 Å². The number of hydrogen-bond acceptors (Lipinski definition) is 6. The van der Waals surface area contributed by atoms with Crippen molar-refractivity contribution in [1.82, 2.24) is 5.48 Å². The highest BCUT2D eigenvalue weighted by atomic mass is 16.5. The standard InChI is InChI=1S/C32H30N2O4/c35-33-31(24-16-20-29(21-17-24)38-27-11-5-2-6-12-27)30-13-7-8-25(32(30)34-36)22-23-14-18-28(19-15-23)37-26-9-3-1-4-10-26/h1-6,9-12,14-22,30-31,33,35-36H,7-8,13H2/b25-22+,34-32-. The highest BCUT2D eigenvalue weighted by Crippen LogP contribution is 2.37. The summed E-state index contributed by atoms with van der Waals surface area (Å²) in [5, 5.41) is 23.8. The zero-order valence-corrected chi connectivity index (χ0v) is 20.9. The molecule has 1 fully saturated rings. The van der Waals surface area contributed by atoms with Gasteiger partial charge in [0, 0.05) is 5.92 Å². The van der Waals surface area contributed by atoms with Crippen molar-refractivity contribution in [2.45, 2.75) is 25.3 Å². The third kappa shape index (κ3) is 6.11. The van der Waals surface area contributed by atoms with E-state index in [1.165, 1.54) is 0 Å². The number of allylic oxidation sites excluding steroid dienone is 1. The van der Waals surface area contributed by atoms with E-state index in [9.17, 15) is 10.4 Å². The lowest BCUT2D eigenvalue weighted by atomic mass is 9.77. The summed E-state index contributed by atoms with van der Waals surface area (Å²) >= 11 is 0. The van der Waals surface area contributed by atoms with Gasteiger partial charge in [0.15, 0.2) is 0 Å². The zero-order valence-electron chi connectivity index (χ0n) is 20.9. The first-order valence-corrected chi connectivity index (χ1v) is 12.7. The molecule has 2 unspecified atom stereocenters. The van der Waals surface area contributed by atoms with Crippen LogP contribution in [0.5, 0.6) is 23.0 Å². The van der Waals surface area contributed by atoms with Crippen molar-refractivity contribution < 1.29 is 19.9 Å². The maximum Gasteiger partial charge on any atom is 0.127 e. The molecular formula is C32H30N2O4. The Labute approximate surface area is 222 Å². The maximum absolute atomic E-state index is 10.1. The van der Waals surface area contributed by atoms with E-state index in [1.54, 1.807) is 0 Å². The van der Waals surface area contributed by atoms with E-state index in [4.69, 9.17) is 9.47 Å². The zero-order chi connectivity index (χ0) is 26.2. The highest BCUT2D eigenvalue weighted by molar-refractivity contribution is 6.06. The van der Waals surface area contributed by atoms with E-state index in [0.29, 0.717) is 11.5 Å². The first kappa shape index (κ1) is 25.3. The summed E-state index contributed by atoms with van der Waals surface area (Å²) in [6.07, 6.45) is 4.53. The summed E-state index contributed by atoms with van der Waals surface area (Å²) in [6, 6.07) is 34.2. The van der Waals surface area contributed by atoms with Gasteiger partial charge in [0.25, 0.3) is 0 Å². The van der Waals surface area contributed by atoms with E-state index >= 15 is 0 Å². The van der Waals surface area contributed by atoms with Crippen molar-refractivity contribution >= 4 is 11.8 Å². The van der Waals surface area contributed by atoms with Crippen LogP contribution in [-0.2, 0) is 0 Å². The molecule has 0 radical (unpaired) electrons. The molecule has 192 valence electrons. The van der Waals surface area contributed by atoms with E-state index in [-0.39, 0.29) is 5.92 Å². The number of oxime groups is 1. The first-order valence-electron chi connectivity index (χ1n) is 12.7. The lowest BCUT2D eigenvalue weighted by Crippen LogP contribution is -2.34. The van der Waals surface area contributed by atoms with Crippen LogP contribution in [0.1, 0.15) is 36.4 Å². The average Bonchev–Trinajstić information content (AvgIpc) is 2.97. The fraction of sp³-hybridized carbons (Fsp3) is 0.156. The number of benzene rings is 4. The summed E-state index contributed by atoms with van der Waals surface area (Å²) in [7, 11) is 0. The van der Waals surface area contributed by atoms with Crippen LogP contribution in [0.25, 0.3) is 6.08 Å². The number of para-hydroxylation sites is 2. The number of ether oxygens (including phenoxy) is 2. The first-order chi connectivity index (χ1) is 18.7. The van der Waals surface area contributed by atoms with Crippen LogP contribution in [-0.4, -0.2) is 16.1 Å². The fourth-order valence-electron chi connectivity index (χ4n) is 4.85. The molecule has 0 saturated heterocycles. The highest BCUT2D eigenvalue weighted by Gasteiger charge is 2.33. The predicted octanol–water partition coefficient (Wildman–Crippen LogP) is 8.01. The SMILES string of the molecule is O/N=C1/C(=C/c2ccc(Oc3ccccc3)cc2)CCCC1C(NO)c1ccc(Oc2ccccc2)cc1. The van der Waals surface area contributed by atoms with Crippen LogP contribution < -0.4 is 15.0 Å². The molecule has 3 N–H and O–H groups in total. The third-order valence-electron chi connectivity index (χ3n) is 6.71. The number of nitrogens with one attached hydrogen (secondary N) is 1. The molecule has 2 atom stereocenters. The fourth-order valence-corrected chi connectivity index (χ4v) is 4.85. The molecular weight excluding hydrogens is 476 g/mol. The van der Waals surface area contributed by atoms with Crippen LogP contribution in [0.4, 0.5) is 0 Å². The molecule has 4 aromatic carbocycles. The Morgan fingerprint density at radius 1 is 0.737 bits per heavy atom. The number of rotatable bonds is 8. The Bertz CT molecular complexity index is 1370. The Hall–Kier alpha value is -4.39. The summed E-state index contributed by atoms with van der Waals surface area (Å²) < 4.78 is 11.8. The molecule has 4 aromatic rings. The molecule has 1 aliphatic carbocycles. The summed E-state index contributed by atoms with van der Waals surface area (Å²) in [6.45, 7) is 0. The maximum atomic E-state index is 10.1. The normalized spacial score (nSPS) is 18.3. The second-order valence-electron chi connectivity index (χ2n) is 9.23.